The molecule has 3 aliphatic rings. The molecule has 3 saturated heterocycles. The number of benzene rings is 1. The Morgan fingerprint density at radius 3 is 2.07 bits per heavy atom. The molecule has 170 valence electrons. The molecule has 30 heavy (non-hydrogen) atoms. The molecule has 4 rings (SSSR count). The van der Waals surface area contributed by atoms with E-state index in [9.17, 15) is 4.79 Å². The maximum Gasteiger partial charge on any atom is 0.222 e. The fourth-order valence-corrected chi connectivity index (χ4v) is 5.09. The summed E-state index contributed by atoms with van der Waals surface area (Å²) < 4.78 is 10.7. The zero-order valence-electron chi connectivity index (χ0n) is 18.0. The molecule has 3 aliphatic heterocycles. The van der Waals surface area contributed by atoms with Gasteiger partial charge in [-0.15, -0.1) is 24.8 Å². The van der Waals surface area contributed by atoms with Crippen molar-refractivity contribution in [1.82, 2.24) is 15.1 Å². The largest absolute Gasteiger partial charge is 0.497 e. The number of hydrogen-bond donors (Lipinski definition) is 1. The molecule has 8 heteroatoms. The lowest BCUT2D eigenvalue weighted by Crippen LogP contribution is -2.49. The number of fused-ring (bicyclic) bond motifs is 2. The first kappa shape index (κ1) is 25.1. The molecule has 2 bridgehead atoms. The van der Waals surface area contributed by atoms with Crippen molar-refractivity contribution in [2.45, 2.75) is 50.7 Å². The maximum absolute atomic E-state index is 12.8. The van der Waals surface area contributed by atoms with Gasteiger partial charge in [0.15, 0.2) is 0 Å². The van der Waals surface area contributed by atoms with E-state index < -0.39 is 0 Å². The van der Waals surface area contributed by atoms with Crippen LogP contribution in [0.2, 0.25) is 0 Å². The van der Waals surface area contributed by atoms with Crippen LogP contribution in [0.4, 0.5) is 0 Å². The minimum atomic E-state index is 0. The van der Waals surface area contributed by atoms with Gasteiger partial charge in [-0.1, -0.05) is 0 Å². The van der Waals surface area contributed by atoms with Crippen LogP contribution in [-0.4, -0.2) is 68.2 Å². The van der Waals surface area contributed by atoms with Crippen molar-refractivity contribution in [2.75, 3.05) is 40.4 Å². The molecule has 0 aromatic heterocycles. The zero-order valence-corrected chi connectivity index (χ0v) is 19.6. The van der Waals surface area contributed by atoms with E-state index in [0.717, 1.165) is 50.6 Å². The fraction of sp³-hybridized carbons (Fsp3) is 0.682. The number of piperidine rings is 1. The second-order valence-corrected chi connectivity index (χ2v) is 8.56. The Hall–Kier alpha value is -1.21. The van der Waals surface area contributed by atoms with Crippen LogP contribution in [0.25, 0.3) is 0 Å². The highest BCUT2D eigenvalue weighted by Crippen LogP contribution is 2.33. The first-order valence-corrected chi connectivity index (χ1v) is 10.6. The van der Waals surface area contributed by atoms with Gasteiger partial charge in [-0.2, -0.15) is 0 Å². The molecule has 0 radical (unpaired) electrons. The van der Waals surface area contributed by atoms with Gasteiger partial charge in [-0.3, -0.25) is 9.69 Å². The van der Waals surface area contributed by atoms with E-state index in [0.29, 0.717) is 23.9 Å². The number of rotatable bonds is 6. The molecular formula is C22H35Cl2N3O3. The van der Waals surface area contributed by atoms with Crippen LogP contribution in [0.3, 0.4) is 0 Å². The van der Waals surface area contributed by atoms with Crippen LogP contribution in [0.1, 0.15) is 37.7 Å². The van der Waals surface area contributed by atoms with E-state index in [1.807, 2.05) is 6.07 Å². The molecule has 3 fully saturated rings. The molecule has 3 heterocycles. The van der Waals surface area contributed by atoms with Crippen molar-refractivity contribution in [3.05, 3.63) is 23.8 Å². The van der Waals surface area contributed by atoms with Crippen LogP contribution < -0.4 is 14.8 Å². The molecule has 6 nitrogen and oxygen atoms in total. The number of piperazine rings is 1. The summed E-state index contributed by atoms with van der Waals surface area (Å²) in [6, 6.07) is 7.34. The molecule has 1 amide bonds. The van der Waals surface area contributed by atoms with Crippen molar-refractivity contribution < 1.29 is 14.3 Å². The molecule has 2 unspecified atom stereocenters. The fourth-order valence-electron chi connectivity index (χ4n) is 5.09. The van der Waals surface area contributed by atoms with Gasteiger partial charge in [0, 0.05) is 57.3 Å². The number of amides is 1. The molecule has 1 N–H and O–H groups in total. The summed E-state index contributed by atoms with van der Waals surface area (Å²) in [5, 5.41) is 3.67. The van der Waals surface area contributed by atoms with Gasteiger partial charge < -0.3 is 19.7 Å². The van der Waals surface area contributed by atoms with Crippen molar-refractivity contribution in [2.24, 2.45) is 5.92 Å². The molecule has 2 atom stereocenters. The Kier molecular flexibility index (Phi) is 9.54. The smallest absolute Gasteiger partial charge is 0.222 e. The topological polar surface area (TPSA) is 54.0 Å². The van der Waals surface area contributed by atoms with Crippen LogP contribution in [0, 0.1) is 5.92 Å². The van der Waals surface area contributed by atoms with E-state index >= 15 is 0 Å². The number of carbonyl (C=O) groups is 1. The molecule has 1 aromatic carbocycles. The van der Waals surface area contributed by atoms with Crippen LogP contribution in [0.5, 0.6) is 11.5 Å². The molecule has 0 saturated carbocycles. The number of hydrogen-bond acceptors (Lipinski definition) is 5. The molecule has 0 aliphatic carbocycles. The number of nitrogens with one attached hydrogen (secondary N) is 1. The summed E-state index contributed by atoms with van der Waals surface area (Å²) in [4.78, 5) is 17.3. The number of ether oxygens (including phenoxy) is 2. The number of nitrogens with zero attached hydrogens (tertiary/aromatic N) is 2. The summed E-state index contributed by atoms with van der Waals surface area (Å²) in [5.74, 6) is 2.57. The van der Waals surface area contributed by atoms with E-state index in [2.05, 4.69) is 27.2 Å². The Bertz CT molecular complexity index is 664. The van der Waals surface area contributed by atoms with E-state index in [4.69, 9.17) is 9.47 Å². The average molecular weight is 460 g/mol. The van der Waals surface area contributed by atoms with Crippen molar-refractivity contribution in [1.29, 1.82) is 0 Å². The van der Waals surface area contributed by atoms with Gasteiger partial charge in [-0.25, -0.2) is 0 Å². The molecule has 0 spiro atoms. The third-order valence-electron chi connectivity index (χ3n) is 6.58. The van der Waals surface area contributed by atoms with Crippen LogP contribution >= 0.6 is 24.8 Å². The highest BCUT2D eigenvalue weighted by molar-refractivity contribution is 5.85. The minimum absolute atomic E-state index is 0. The van der Waals surface area contributed by atoms with Crippen molar-refractivity contribution >= 4 is 30.7 Å². The lowest BCUT2D eigenvalue weighted by Gasteiger charge is -2.36. The average Bonchev–Trinajstić information content (AvgIpc) is 3.06. The Morgan fingerprint density at radius 2 is 1.53 bits per heavy atom. The highest BCUT2D eigenvalue weighted by Gasteiger charge is 2.35. The zero-order chi connectivity index (χ0) is 19.5. The third-order valence-corrected chi connectivity index (χ3v) is 6.58. The van der Waals surface area contributed by atoms with Crippen LogP contribution in [-0.2, 0) is 11.3 Å². The minimum Gasteiger partial charge on any atom is -0.497 e. The van der Waals surface area contributed by atoms with Gasteiger partial charge >= 0.3 is 0 Å². The number of methoxy groups -OCH3 is 2. The Balaban J connectivity index is 0.00000160. The van der Waals surface area contributed by atoms with Gasteiger partial charge in [0.05, 0.1) is 14.2 Å². The SMILES string of the molecule is COc1cc(CN2CCN(C(=O)CC3CC4CCC(C3)N4)CC2)cc(OC)c1.Cl.Cl. The Morgan fingerprint density at radius 1 is 0.967 bits per heavy atom. The van der Waals surface area contributed by atoms with Gasteiger partial charge in [0.25, 0.3) is 0 Å². The number of halogens is 2. The van der Waals surface area contributed by atoms with Gasteiger partial charge in [-0.05, 0) is 49.3 Å². The predicted octanol–water partition coefficient (Wildman–Crippen LogP) is 3.11. The Labute approximate surface area is 192 Å². The quantitative estimate of drug-likeness (QED) is 0.707. The van der Waals surface area contributed by atoms with E-state index in [1.54, 1.807) is 14.2 Å². The molecular weight excluding hydrogens is 425 g/mol. The second-order valence-electron chi connectivity index (χ2n) is 8.56. The van der Waals surface area contributed by atoms with Crippen LogP contribution in [0.15, 0.2) is 18.2 Å². The van der Waals surface area contributed by atoms with Crippen molar-refractivity contribution in [3.63, 3.8) is 0 Å². The summed E-state index contributed by atoms with van der Waals surface area (Å²) in [6.07, 6.45) is 5.69. The number of carbonyl (C=O) groups excluding carboxylic acids is 1. The highest BCUT2D eigenvalue weighted by atomic mass is 35.5. The summed E-state index contributed by atoms with van der Waals surface area (Å²) >= 11 is 0. The molecule has 1 aromatic rings. The monoisotopic (exact) mass is 459 g/mol. The van der Waals surface area contributed by atoms with Gasteiger partial charge in [0.2, 0.25) is 5.91 Å². The van der Waals surface area contributed by atoms with E-state index in [1.165, 1.54) is 31.2 Å². The lowest BCUT2D eigenvalue weighted by molar-refractivity contribution is -0.134. The van der Waals surface area contributed by atoms with Crippen molar-refractivity contribution in [3.8, 4) is 11.5 Å². The summed E-state index contributed by atoms with van der Waals surface area (Å²) in [7, 11) is 3.35. The first-order chi connectivity index (χ1) is 13.6. The second kappa shape index (κ2) is 11.4. The summed E-state index contributed by atoms with van der Waals surface area (Å²) in [5.41, 5.74) is 1.18. The third kappa shape index (κ3) is 6.16. The standard InChI is InChI=1S/C22H33N3O3.2ClH/c1-27-20-11-17(12-21(14-20)28-2)15-24-5-7-25(8-6-24)22(26)13-16-9-18-3-4-19(10-16)23-18;;/h11-12,14,16,18-19,23H,3-10,13,15H2,1-2H3;2*1H. The lowest BCUT2D eigenvalue weighted by atomic mass is 9.89. The maximum atomic E-state index is 12.8. The summed E-state index contributed by atoms with van der Waals surface area (Å²) in [6.45, 7) is 4.36. The predicted molar refractivity (Wildman–Crippen MR) is 123 cm³/mol. The van der Waals surface area contributed by atoms with E-state index in [-0.39, 0.29) is 24.8 Å². The van der Waals surface area contributed by atoms with Gasteiger partial charge in [0.1, 0.15) is 11.5 Å². The normalized spacial score (nSPS) is 25.8. The first-order valence-electron chi connectivity index (χ1n) is 10.6.